The van der Waals surface area contributed by atoms with Gasteiger partial charge in [-0.25, -0.2) is 0 Å². The number of nitro benzene ring substituents is 1. The molecule has 0 saturated heterocycles. The first-order valence-corrected chi connectivity index (χ1v) is 7.82. The second kappa shape index (κ2) is 7.85. The summed E-state index contributed by atoms with van der Waals surface area (Å²) in [5.74, 6) is 0.183. The van der Waals surface area contributed by atoms with Crippen molar-refractivity contribution < 1.29 is 14.5 Å². The van der Waals surface area contributed by atoms with Crippen LogP contribution >= 0.6 is 11.6 Å². The minimum absolute atomic E-state index is 0.0287. The molecule has 0 atom stereocenters. The van der Waals surface area contributed by atoms with Crippen LogP contribution in [0.15, 0.2) is 30.3 Å². The fourth-order valence-electron chi connectivity index (χ4n) is 2.23. The van der Waals surface area contributed by atoms with E-state index in [0.29, 0.717) is 27.7 Å². The van der Waals surface area contributed by atoms with E-state index in [1.54, 1.807) is 31.2 Å². The molecule has 2 aromatic rings. The average molecular weight is 364 g/mol. The lowest BCUT2D eigenvalue weighted by Crippen LogP contribution is -2.22. The molecule has 0 heterocycles. The van der Waals surface area contributed by atoms with E-state index < -0.39 is 4.92 Å². The smallest absolute Gasteiger partial charge is 0.274 e. The molecule has 0 aliphatic heterocycles. The van der Waals surface area contributed by atoms with Gasteiger partial charge in [0, 0.05) is 28.4 Å². The van der Waals surface area contributed by atoms with Crippen molar-refractivity contribution in [3.63, 3.8) is 0 Å². The summed E-state index contributed by atoms with van der Waals surface area (Å²) in [6, 6.07) is 7.99. The Morgan fingerprint density at radius 1 is 1.24 bits per heavy atom. The maximum Gasteiger partial charge on any atom is 0.274 e. The first-order chi connectivity index (χ1) is 11.8. The molecular weight excluding hydrogens is 346 g/mol. The first kappa shape index (κ1) is 18.5. The molecule has 0 saturated carbocycles. The molecule has 0 aliphatic rings. The topological polar surface area (TPSA) is 93.5 Å². The summed E-state index contributed by atoms with van der Waals surface area (Å²) >= 11 is 6.05. The van der Waals surface area contributed by atoms with Crippen LogP contribution in [0.2, 0.25) is 5.02 Å². The standard InChI is InChI=1S/C17H18ClN3O4/c1-10-4-5-12(7-15(10)21(23)24)20-17(22)9-19-14-6-11(2)13(18)8-16(14)25-3/h4-8,19H,9H2,1-3H3,(H,20,22). The van der Waals surface area contributed by atoms with Crippen LogP contribution in [0.5, 0.6) is 5.75 Å². The number of nitro groups is 1. The van der Waals surface area contributed by atoms with Gasteiger partial charge in [0.1, 0.15) is 5.75 Å². The van der Waals surface area contributed by atoms with Crippen molar-refractivity contribution in [2.75, 3.05) is 24.3 Å². The summed E-state index contributed by atoms with van der Waals surface area (Å²) in [5, 5.41) is 17.1. The first-order valence-electron chi connectivity index (χ1n) is 7.44. The molecule has 0 aromatic heterocycles. The zero-order chi connectivity index (χ0) is 18.6. The van der Waals surface area contributed by atoms with Crippen molar-refractivity contribution in [1.29, 1.82) is 0 Å². The zero-order valence-corrected chi connectivity index (χ0v) is 14.8. The molecule has 25 heavy (non-hydrogen) atoms. The van der Waals surface area contributed by atoms with Crippen molar-refractivity contribution in [2.24, 2.45) is 0 Å². The number of carbonyl (C=O) groups excluding carboxylic acids is 1. The number of carbonyl (C=O) groups is 1. The number of anilines is 2. The van der Waals surface area contributed by atoms with E-state index in [4.69, 9.17) is 16.3 Å². The third-order valence-electron chi connectivity index (χ3n) is 3.61. The number of benzene rings is 2. The van der Waals surface area contributed by atoms with Crippen molar-refractivity contribution in [1.82, 2.24) is 0 Å². The Balaban J connectivity index is 2.06. The van der Waals surface area contributed by atoms with Gasteiger partial charge in [-0.05, 0) is 31.5 Å². The van der Waals surface area contributed by atoms with Crippen LogP contribution < -0.4 is 15.4 Å². The molecule has 8 heteroatoms. The van der Waals surface area contributed by atoms with Gasteiger partial charge in [-0.15, -0.1) is 0 Å². The summed E-state index contributed by atoms with van der Waals surface area (Å²) in [5.41, 5.74) is 2.33. The quantitative estimate of drug-likeness (QED) is 0.599. The van der Waals surface area contributed by atoms with Crippen molar-refractivity contribution >= 4 is 34.6 Å². The minimum atomic E-state index is -0.482. The monoisotopic (exact) mass is 363 g/mol. The predicted octanol–water partition coefficient (Wildman–Crippen LogP) is 3.92. The van der Waals surface area contributed by atoms with E-state index in [0.717, 1.165) is 5.56 Å². The summed E-state index contributed by atoms with van der Waals surface area (Å²) in [7, 11) is 1.51. The van der Waals surface area contributed by atoms with Gasteiger partial charge < -0.3 is 15.4 Å². The lowest BCUT2D eigenvalue weighted by atomic mass is 10.2. The Hall–Kier alpha value is -2.80. The predicted molar refractivity (Wildman–Crippen MR) is 97.7 cm³/mol. The van der Waals surface area contributed by atoms with E-state index in [2.05, 4.69) is 10.6 Å². The zero-order valence-electron chi connectivity index (χ0n) is 14.1. The van der Waals surface area contributed by atoms with Crippen molar-refractivity contribution in [3.05, 3.63) is 56.6 Å². The number of methoxy groups -OCH3 is 1. The van der Waals surface area contributed by atoms with Gasteiger partial charge in [0.25, 0.3) is 5.69 Å². The minimum Gasteiger partial charge on any atom is -0.495 e. The molecule has 132 valence electrons. The normalized spacial score (nSPS) is 10.2. The van der Waals surface area contributed by atoms with Crippen LogP contribution in [0.25, 0.3) is 0 Å². The number of aryl methyl sites for hydroxylation is 2. The van der Waals surface area contributed by atoms with Gasteiger partial charge >= 0.3 is 0 Å². The Bertz CT molecular complexity index is 824. The molecular formula is C17H18ClN3O4. The third-order valence-corrected chi connectivity index (χ3v) is 4.02. The molecule has 0 bridgehead atoms. The largest absolute Gasteiger partial charge is 0.495 e. The van der Waals surface area contributed by atoms with Gasteiger partial charge in [0.2, 0.25) is 5.91 Å². The summed E-state index contributed by atoms with van der Waals surface area (Å²) in [6.07, 6.45) is 0. The highest BCUT2D eigenvalue weighted by Crippen LogP contribution is 2.30. The van der Waals surface area contributed by atoms with Crippen LogP contribution in [0.4, 0.5) is 17.1 Å². The molecule has 0 fully saturated rings. The number of hydrogen-bond donors (Lipinski definition) is 2. The molecule has 0 spiro atoms. The molecule has 2 aromatic carbocycles. The van der Waals surface area contributed by atoms with Gasteiger partial charge in [-0.3, -0.25) is 14.9 Å². The molecule has 1 amide bonds. The molecule has 7 nitrogen and oxygen atoms in total. The third kappa shape index (κ3) is 4.60. The van der Waals surface area contributed by atoms with E-state index in [1.165, 1.54) is 13.2 Å². The lowest BCUT2D eigenvalue weighted by molar-refractivity contribution is -0.385. The number of nitrogens with zero attached hydrogens (tertiary/aromatic N) is 1. The van der Waals surface area contributed by atoms with Crippen LogP contribution in [0, 0.1) is 24.0 Å². The SMILES string of the molecule is COc1cc(Cl)c(C)cc1NCC(=O)Nc1ccc(C)c([N+](=O)[O-])c1. The van der Waals surface area contributed by atoms with Crippen LogP contribution in [0.1, 0.15) is 11.1 Å². The Morgan fingerprint density at radius 3 is 2.60 bits per heavy atom. The molecule has 0 unspecified atom stereocenters. The average Bonchev–Trinajstić information content (AvgIpc) is 2.57. The second-order valence-corrected chi connectivity index (χ2v) is 5.87. The summed E-state index contributed by atoms with van der Waals surface area (Å²) in [4.78, 5) is 22.6. The highest BCUT2D eigenvalue weighted by molar-refractivity contribution is 6.31. The van der Waals surface area contributed by atoms with E-state index in [9.17, 15) is 14.9 Å². The van der Waals surface area contributed by atoms with Gasteiger partial charge in [-0.1, -0.05) is 17.7 Å². The number of nitrogens with one attached hydrogen (secondary N) is 2. The Labute approximate surface area is 150 Å². The van der Waals surface area contributed by atoms with E-state index in [-0.39, 0.29) is 18.1 Å². The van der Waals surface area contributed by atoms with Gasteiger partial charge in [0.15, 0.2) is 0 Å². The fraction of sp³-hybridized carbons (Fsp3) is 0.235. The number of ether oxygens (including phenoxy) is 1. The molecule has 2 rings (SSSR count). The van der Waals surface area contributed by atoms with Gasteiger partial charge in [-0.2, -0.15) is 0 Å². The lowest BCUT2D eigenvalue weighted by Gasteiger charge is -2.13. The Kier molecular flexibility index (Phi) is 5.82. The number of hydrogen-bond acceptors (Lipinski definition) is 5. The second-order valence-electron chi connectivity index (χ2n) is 5.46. The van der Waals surface area contributed by atoms with Crippen LogP contribution in [-0.2, 0) is 4.79 Å². The maximum atomic E-state index is 12.1. The number of amides is 1. The summed E-state index contributed by atoms with van der Waals surface area (Å²) < 4.78 is 5.23. The summed E-state index contributed by atoms with van der Waals surface area (Å²) in [6.45, 7) is 3.46. The van der Waals surface area contributed by atoms with Gasteiger partial charge in [0.05, 0.1) is 24.3 Å². The fourth-order valence-corrected chi connectivity index (χ4v) is 2.39. The van der Waals surface area contributed by atoms with Crippen molar-refractivity contribution in [2.45, 2.75) is 13.8 Å². The number of halogens is 1. The number of rotatable bonds is 6. The molecule has 0 aliphatic carbocycles. The van der Waals surface area contributed by atoms with E-state index in [1.807, 2.05) is 6.92 Å². The molecule has 0 radical (unpaired) electrons. The Morgan fingerprint density at radius 2 is 1.96 bits per heavy atom. The van der Waals surface area contributed by atoms with Crippen LogP contribution in [0.3, 0.4) is 0 Å². The van der Waals surface area contributed by atoms with Crippen LogP contribution in [-0.4, -0.2) is 24.5 Å². The van der Waals surface area contributed by atoms with Crippen molar-refractivity contribution in [3.8, 4) is 5.75 Å². The molecule has 2 N–H and O–H groups in total. The van der Waals surface area contributed by atoms with E-state index >= 15 is 0 Å². The maximum absolute atomic E-state index is 12.1. The highest BCUT2D eigenvalue weighted by Gasteiger charge is 2.13. The highest BCUT2D eigenvalue weighted by atomic mass is 35.5.